The molecule has 2 heterocycles. The average Bonchev–Trinajstić information content (AvgIpc) is 2.87. The Morgan fingerprint density at radius 2 is 2.17 bits per heavy atom. The van der Waals surface area contributed by atoms with Gasteiger partial charge in [-0.3, -0.25) is 0 Å². The normalized spacial score (nSPS) is 19.3. The van der Waals surface area contributed by atoms with Crippen molar-refractivity contribution in [1.29, 1.82) is 0 Å². The van der Waals surface area contributed by atoms with E-state index in [0.717, 1.165) is 49.4 Å². The van der Waals surface area contributed by atoms with Crippen molar-refractivity contribution in [3.05, 3.63) is 11.9 Å². The minimum Gasteiger partial charge on any atom is -0.370 e. The first-order valence-electron chi connectivity index (χ1n) is 7.13. The molecule has 100 valence electrons. The molecule has 2 rings (SSSR count). The summed E-state index contributed by atoms with van der Waals surface area (Å²) in [4.78, 5) is 11.6. The summed E-state index contributed by atoms with van der Waals surface area (Å²) < 4.78 is 0. The topological polar surface area (TPSA) is 41.0 Å². The molecule has 1 aliphatic rings. The van der Waals surface area contributed by atoms with E-state index in [1.807, 2.05) is 0 Å². The minimum absolute atomic E-state index is 0.827. The van der Waals surface area contributed by atoms with Crippen LogP contribution in [0.15, 0.2) is 6.07 Å². The van der Waals surface area contributed by atoms with Crippen LogP contribution in [0, 0.1) is 5.92 Å². The Bertz CT molecular complexity index is 391. The Morgan fingerprint density at radius 1 is 1.33 bits per heavy atom. The fraction of sp³-hybridized carbons (Fsp3) is 0.714. The van der Waals surface area contributed by atoms with Gasteiger partial charge in [0, 0.05) is 32.1 Å². The third kappa shape index (κ3) is 2.92. The number of aromatic nitrogens is 2. The predicted octanol–water partition coefficient (Wildman–Crippen LogP) is 2.71. The number of hydrogen-bond donors (Lipinski definition) is 1. The fourth-order valence-electron chi connectivity index (χ4n) is 2.45. The summed E-state index contributed by atoms with van der Waals surface area (Å²) in [6.45, 7) is 9.64. The zero-order valence-electron chi connectivity index (χ0n) is 11.7. The molecule has 0 aromatic carbocycles. The summed E-state index contributed by atoms with van der Waals surface area (Å²) in [5.41, 5.74) is 0. The van der Waals surface area contributed by atoms with Gasteiger partial charge < -0.3 is 10.2 Å². The molecule has 1 aromatic heterocycles. The lowest BCUT2D eigenvalue weighted by atomic mass is 10.1. The predicted molar refractivity (Wildman–Crippen MR) is 76.2 cm³/mol. The van der Waals surface area contributed by atoms with Crippen molar-refractivity contribution in [2.75, 3.05) is 29.9 Å². The molecule has 0 amide bonds. The van der Waals surface area contributed by atoms with E-state index in [-0.39, 0.29) is 0 Å². The Labute approximate surface area is 110 Å². The van der Waals surface area contributed by atoms with Crippen LogP contribution < -0.4 is 10.2 Å². The van der Waals surface area contributed by atoms with Crippen molar-refractivity contribution in [3.8, 4) is 0 Å². The van der Waals surface area contributed by atoms with Gasteiger partial charge in [0.25, 0.3) is 0 Å². The van der Waals surface area contributed by atoms with Gasteiger partial charge >= 0.3 is 0 Å². The zero-order chi connectivity index (χ0) is 13.0. The molecular weight excluding hydrogens is 224 g/mol. The summed E-state index contributed by atoms with van der Waals surface area (Å²) in [7, 11) is 0. The molecule has 1 fully saturated rings. The quantitative estimate of drug-likeness (QED) is 0.870. The standard InChI is InChI=1S/C14H24N4/c1-4-11-7-8-18(10-11)14-9-13(15-6-3)16-12(5-2)17-14/h9,11H,4-8,10H2,1-3H3,(H,15,16,17). The van der Waals surface area contributed by atoms with Crippen LogP contribution in [0.5, 0.6) is 0 Å². The molecule has 0 saturated carbocycles. The van der Waals surface area contributed by atoms with Crippen LogP contribution in [-0.2, 0) is 6.42 Å². The van der Waals surface area contributed by atoms with E-state index in [9.17, 15) is 0 Å². The molecule has 4 nitrogen and oxygen atoms in total. The summed E-state index contributed by atoms with van der Waals surface area (Å²) in [5.74, 6) is 3.81. The lowest BCUT2D eigenvalue weighted by Crippen LogP contribution is -2.22. The Kier molecular flexibility index (Phi) is 4.39. The summed E-state index contributed by atoms with van der Waals surface area (Å²) in [6, 6.07) is 2.08. The summed E-state index contributed by atoms with van der Waals surface area (Å²) >= 11 is 0. The SMILES string of the molecule is CCNc1cc(N2CCC(CC)C2)nc(CC)n1. The van der Waals surface area contributed by atoms with Gasteiger partial charge in [0.15, 0.2) is 0 Å². The van der Waals surface area contributed by atoms with Crippen LogP contribution >= 0.6 is 0 Å². The molecular formula is C14H24N4. The largest absolute Gasteiger partial charge is 0.370 e. The zero-order valence-corrected chi connectivity index (χ0v) is 11.7. The van der Waals surface area contributed by atoms with Gasteiger partial charge in [-0.1, -0.05) is 20.3 Å². The van der Waals surface area contributed by atoms with E-state index in [0.29, 0.717) is 0 Å². The molecule has 1 atom stereocenters. The molecule has 1 unspecified atom stereocenters. The van der Waals surface area contributed by atoms with Crippen LogP contribution in [0.1, 0.15) is 39.4 Å². The Morgan fingerprint density at radius 3 is 2.78 bits per heavy atom. The van der Waals surface area contributed by atoms with Crippen LogP contribution in [0.3, 0.4) is 0 Å². The minimum atomic E-state index is 0.827. The molecule has 4 heteroatoms. The number of hydrogen-bond acceptors (Lipinski definition) is 4. The third-order valence-corrected chi connectivity index (χ3v) is 3.62. The summed E-state index contributed by atoms with van der Waals surface area (Å²) in [5, 5.41) is 3.29. The highest BCUT2D eigenvalue weighted by atomic mass is 15.2. The second-order valence-corrected chi connectivity index (χ2v) is 4.92. The van der Waals surface area contributed by atoms with E-state index < -0.39 is 0 Å². The van der Waals surface area contributed by atoms with Gasteiger partial charge in [-0.05, 0) is 19.3 Å². The first kappa shape index (κ1) is 13.1. The molecule has 1 saturated heterocycles. The van der Waals surface area contributed by atoms with Crippen LogP contribution in [0.4, 0.5) is 11.6 Å². The van der Waals surface area contributed by atoms with Crippen LogP contribution in [0.2, 0.25) is 0 Å². The van der Waals surface area contributed by atoms with Gasteiger partial charge in [-0.25, -0.2) is 9.97 Å². The Hall–Kier alpha value is -1.32. The average molecular weight is 248 g/mol. The second-order valence-electron chi connectivity index (χ2n) is 4.92. The first-order valence-corrected chi connectivity index (χ1v) is 7.13. The molecule has 0 aliphatic carbocycles. The molecule has 1 aliphatic heterocycles. The van der Waals surface area contributed by atoms with Crippen molar-refractivity contribution < 1.29 is 0 Å². The van der Waals surface area contributed by atoms with Crippen molar-refractivity contribution in [2.45, 2.75) is 40.0 Å². The van der Waals surface area contributed by atoms with E-state index in [1.165, 1.54) is 12.8 Å². The van der Waals surface area contributed by atoms with E-state index in [2.05, 4.69) is 47.0 Å². The van der Waals surface area contributed by atoms with Gasteiger partial charge in [-0.15, -0.1) is 0 Å². The second kappa shape index (κ2) is 6.03. The molecule has 0 radical (unpaired) electrons. The molecule has 0 bridgehead atoms. The molecule has 1 N–H and O–H groups in total. The lowest BCUT2D eigenvalue weighted by molar-refractivity contribution is 0.568. The maximum atomic E-state index is 4.66. The van der Waals surface area contributed by atoms with E-state index in [1.54, 1.807) is 0 Å². The highest BCUT2D eigenvalue weighted by Crippen LogP contribution is 2.25. The van der Waals surface area contributed by atoms with Crippen molar-refractivity contribution in [2.24, 2.45) is 5.92 Å². The third-order valence-electron chi connectivity index (χ3n) is 3.62. The molecule has 18 heavy (non-hydrogen) atoms. The maximum Gasteiger partial charge on any atom is 0.134 e. The number of anilines is 2. The monoisotopic (exact) mass is 248 g/mol. The van der Waals surface area contributed by atoms with E-state index in [4.69, 9.17) is 0 Å². The van der Waals surface area contributed by atoms with Crippen molar-refractivity contribution in [1.82, 2.24) is 9.97 Å². The highest BCUT2D eigenvalue weighted by molar-refractivity contribution is 5.50. The number of rotatable bonds is 5. The number of aryl methyl sites for hydroxylation is 1. The smallest absolute Gasteiger partial charge is 0.134 e. The van der Waals surface area contributed by atoms with Crippen molar-refractivity contribution >= 4 is 11.6 Å². The van der Waals surface area contributed by atoms with E-state index >= 15 is 0 Å². The van der Waals surface area contributed by atoms with Gasteiger partial charge in [-0.2, -0.15) is 0 Å². The summed E-state index contributed by atoms with van der Waals surface area (Å²) in [6.07, 6.45) is 3.44. The van der Waals surface area contributed by atoms with Gasteiger partial charge in [0.2, 0.25) is 0 Å². The highest BCUT2D eigenvalue weighted by Gasteiger charge is 2.22. The first-order chi connectivity index (χ1) is 8.76. The van der Waals surface area contributed by atoms with Crippen LogP contribution in [0.25, 0.3) is 0 Å². The van der Waals surface area contributed by atoms with Crippen molar-refractivity contribution in [3.63, 3.8) is 0 Å². The lowest BCUT2D eigenvalue weighted by Gasteiger charge is -2.19. The number of nitrogens with one attached hydrogen (secondary N) is 1. The van der Waals surface area contributed by atoms with Gasteiger partial charge in [0.05, 0.1) is 0 Å². The van der Waals surface area contributed by atoms with Gasteiger partial charge in [0.1, 0.15) is 17.5 Å². The van der Waals surface area contributed by atoms with Crippen LogP contribution in [-0.4, -0.2) is 29.6 Å². The Balaban J connectivity index is 2.18. The number of nitrogens with zero attached hydrogens (tertiary/aromatic N) is 3. The maximum absolute atomic E-state index is 4.66. The molecule has 1 aromatic rings. The molecule has 0 spiro atoms. The fourth-order valence-corrected chi connectivity index (χ4v) is 2.45.